The van der Waals surface area contributed by atoms with Gasteiger partial charge in [-0.05, 0) is 41.8 Å². The third kappa shape index (κ3) is 3.72. The maximum absolute atomic E-state index is 12.2. The highest BCUT2D eigenvalue weighted by molar-refractivity contribution is 7.22. The van der Waals surface area contributed by atoms with Gasteiger partial charge in [-0.15, -0.1) is 11.3 Å². The first-order chi connectivity index (χ1) is 13.6. The first-order valence-electron chi connectivity index (χ1n) is 8.50. The zero-order valence-corrected chi connectivity index (χ0v) is 15.4. The van der Waals surface area contributed by atoms with Crippen molar-refractivity contribution in [2.24, 2.45) is 0 Å². The van der Waals surface area contributed by atoms with Crippen LogP contribution in [0.4, 0.5) is 0 Å². The van der Waals surface area contributed by atoms with Crippen molar-refractivity contribution >= 4 is 39.4 Å². The van der Waals surface area contributed by atoms with Crippen molar-refractivity contribution in [2.45, 2.75) is 0 Å². The van der Waals surface area contributed by atoms with E-state index in [1.165, 1.54) is 6.08 Å². The number of carboxylic acid groups (broad SMARTS) is 1. The van der Waals surface area contributed by atoms with Crippen molar-refractivity contribution in [3.05, 3.63) is 89.8 Å². The Hall–Kier alpha value is -3.64. The second kappa shape index (κ2) is 7.54. The molecule has 1 amide bonds. The lowest BCUT2D eigenvalue weighted by Crippen LogP contribution is -2.27. The molecule has 0 saturated heterocycles. The van der Waals surface area contributed by atoms with Crippen LogP contribution in [0.2, 0.25) is 0 Å². The van der Waals surface area contributed by atoms with Crippen LogP contribution in [-0.4, -0.2) is 17.0 Å². The number of aliphatic carboxylic acids is 1. The molecule has 0 bridgehead atoms. The molecule has 2 aromatic carbocycles. The van der Waals surface area contributed by atoms with Gasteiger partial charge in [0.2, 0.25) is 0 Å². The molecule has 138 valence electrons. The molecule has 0 radical (unpaired) electrons. The Morgan fingerprint density at radius 3 is 2.46 bits per heavy atom. The summed E-state index contributed by atoms with van der Waals surface area (Å²) in [6.45, 7) is 0. The predicted octanol–water partition coefficient (Wildman–Crippen LogP) is 5.02. The predicted molar refractivity (Wildman–Crippen MR) is 109 cm³/mol. The van der Waals surface area contributed by atoms with Crippen molar-refractivity contribution < 1.29 is 19.1 Å². The van der Waals surface area contributed by atoms with Gasteiger partial charge in [0, 0.05) is 16.3 Å². The Kier molecular flexibility index (Phi) is 4.78. The second-order valence-corrected chi connectivity index (χ2v) is 7.12. The van der Waals surface area contributed by atoms with Crippen molar-refractivity contribution in [3.8, 4) is 10.6 Å². The van der Waals surface area contributed by atoms with Crippen LogP contribution in [-0.2, 0) is 4.79 Å². The molecule has 2 aromatic heterocycles. The number of amides is 1. The van der Waals surface area contributed by atoms with E-state index >= 15 is 0 Å². The fourth-order valence-corrected chi connectivity index (χ4v) is 3.77. The number of fused-ring (bicyclic) bond motifs is 1. The second-order valence-electron chi connectivity index (χ2n) is 6.03. The van der Waals surface area contributed by atoms with E-state index in [2.05, 4.69) is 5.32 Å². The molecule has 6 heteroatoms. The van der Waals surface area contributed by atoms with Gasteiger partial charge in [-0.2, -0.15) is 0 Å². The molecule has 0 atom stereocenters. The van der Waals surface area contributed by atoms with E-state index in [-0.39, 0.29) is 5.70 Å². The maximum Gasteiger partial charge on any atom is 0.352 e. The number of furan rings is 1. The molecule has 0 spiro atoms. The minimum atomic E-state index is -1.25. The lowest BCUT2D eigenvalue weighted by atomic mass is 10.2. The van der Waals surface area contributed by atoms with Gasteiger partial charge in [-0.1, -0.05) is 36.4 Å². The third-order valence-corrected chi connectivity index (χ3v) is 5.23. The van der Waals surface area contributed by atoms with E-state index in [0.29, 0.717) is 17.1 Å². The topological polar surface area (TPSA) is 79.5 Å². The van der Waals surface area contributed by atoms with Crippen LogP contribution in [0.3, 0.4) is 0 Å². The number of rotatable bonds is 5. The van der Waals surface area contributed by atoms with Crippen LogP contribution in [0.1, 0.15) is 16.1 Å². The number of hydrogen-bond acceptors (Lipinski definition) is 4. The maximum atomic E-state index is 12.2. The van der Waals surface area contributed by atoms with Gasteiger partial charge in [-0.25, -0.2) is 4.79 Å². The van der Waals surface area contributed by atoms with Gasteiger partial charge < -0.3 is 14.8 Å². The first kappa shape index (κ1) is 17.8. The normalized spacial score (nSPS) is 11.5. The van der Waals surface area contributed by atoms with E-state index in [4.69, 9.17) is 4.42 Å². The molecular formula is C22H15NO4S. The van der Waals surface area contributed by atoms with Crippen LogP contribution in [0.15, 0.2) is 82.9 Å². The van der Waals surface area contributed by atoms with Gasteiger partial charge in [0.25, 0.3) is 5.91 Å². The van der Waals surface area contributed by atoms with Crippen molar-refractivity contribution in [1.29, 1.82) is 0 Å². The quantitative estimate of drug-likeness (QED) is 0.470. The summed E-state index contributed by atoms with van der Waals surface area (Å²) in [7, 11) is 0. The fraction of sp³-hybridized carbons (Fsp3) is 0. The fourth-order valence-electron chi connectivity index (χ4n) is 2.74. The van der Waals surface area contributed by atoms with Crippen molar-refractivity contribution in [1.82, 2.24) is 5.32 Å². The van der Waals surface area contributed by atoms with Crippen LogP contribution in [0, 0.1) is 0 Å². The molecule has 5 nitrogen and oxygen atoms in total. The average molecular weight is 389 g/mol. The van der Waals surface area contributed by atoms with Crippen molar-refractivity contribution in [2.75, 3.05) is 0 Å². The monoisotopic (exact) mass is 389 g/mol. The van der Waals surface area contributed by atoms with E-state index in [0.717, 1.165) is 15.0 Å². The van der Waals surface area contributed by atoms with Crippen molar-refractivity contribution in [3.63, 3.8) is 0 Å². The third-order valence-electron chi connectivity index (χ3n) is 4.10. The molecule has 2 N–H and O–H groups in total. The Balaban J connectivity index is 1.59. The summed E-state index contributed by atoms with van der Waals surface area (Å²) >= 11 is 1.60. The lowest BCUT2D eigenvalue weighted by Gasteiger charge is -2.05. The number of thiophene rings is 1. The Morgan fingerprint density at radius 2 is 1.71 bits per heavy atom. The molecule has 0 aliphatic heterocycles. The summed E-state index contributed by atoms with van der Waals surface area (Å²) in [5.41, 5.74) is 0.117. The lowest BCUT2D eigenvalue weighted by molar-refractivity contribution is -0.132. The Morgan fingerprint density at radius 1 is 0.964 bits per heavy atom. The minimum Gasteiger partial charge on any atom is -0.477 e. The standard InChI is InChI=1S/C22H15NO4S/c24-21(14-6-2-1-3-7-14)23-17(22(25)26)13-16-10-11-18(27-16)20-12-15-8-4-5-9-19(15)28-20/h1-13H,(H,23,24)(H,25,26). The molecule has 0 aliphatic carbocycles. The highest BCUT2D eigenvalue weighted by Crippen LogP contribution is 2.34. The van der Waals surface area contributed by atoms with Gasteiger partial charge in [0.1, 0.15) is 17.2 Å². The highest BCUT2D eigenvalue weighted by atomic mass is 32.1. The number of hydrogen-bond donors (Lipinski definition) is 2. The molecular weight excluding hydrogens is 374 g/mol. The van der Waals surface area contributed by atoms with E-state index in [1.54, 1.807) is 53.8 Å². The van der Waals surface area contributed by atoms with Gasteiger partial charge in [0.05, 0.1) is 4.88 Å². The Labute approximate surface area is 164 Å². The molecule has 0 fully saturated rings. The molecule has 4 aromatic rings. The summed E-state index contributed by atoms with van der Waals surface area (Å²) in [6, 6.07) is 21.9. The van der Waals surface area contributed by atoms with Gasteiger partial charge in [0.15, 0.2) is 0 Å². The number of nitrogens with one attached hydrogen (secondary N) is 1. The number of carbonyl (C=O) groups excluding carboxylic acids is 1. The first-order valence-corrected chi connectivity index (χ1v) is 9.32. The summed E-state index contributed by atoms with van der Waals surface area (Å²) in [5, 5.41) is 13.0. The summed E-state index contributed by atoms with van der Waals surface area (Å²) in [6.07, 6.45) is 1.31. The van der Waals surface area contributed by atoms with E-state index in [9.17, 15) is 14.7 Å². The van der Waals surface area contributed by atoms with Crippen LogP contribution < -0.4 is 5.32 Å². The molecule has 2 heterocycles. The molecule has 0 saturated carbocycles. The molecule has 4 rings (SSSR count). The molecule has 0 aliphatic rings. The molecule has 0 unspecified atom stereocenters. The largest absolute Gasteiger partial charge is 0.477 e. The smallest absolute Gasteiger partial charge is 0.352 e. The summed E-state index contributed by atoms with van der Waals surface area (Å²) < 4.78 is 6.93. The SMILES string of the molecule is O=C(O)C(=Cc1ccc(-c2cc3ccccc3s2)o1)NC(=O)c1ccccc1. The number of carbonyl (C=O) groups is 2. The van der Waals surface area contributed by atoms with Crippen LogP contribution in [0.5, 0.6) is 0 Å². The zero-order chi connectivity index (χ0) is 19.5. The van der Waals surface area contributed by atoms with Gasteiger partial charge in [-0.3, -0.25) is 4.79 Å². The average Bonchev–Trinajstić information content (AvgIpc) is 3.34. The number of carboxylic acids is 1. The van der Waals surface area contributed by atoms with Crippen LogP contribution >= 0.6 is 11.3 Å². The zero-order valence-electron chi connectivity index (χ0n) is 14.6. The van der Waals surface area contributed by atoms with Crippen LogP contribution in [0.25, 0.3) is 26.8 Å². The van der Waals surface area contributed by atoms with E-state index < -0.39 is 11.9 Å². The van der Waals surface area contributed by atoms with E-state index in [1.807, 2.05) is 30.3 Å². The number of benzene rings is 2. The minimum absolute atomic E-state index is 0.258. The summed E-state index contributed by atoms with van der Waals surface area (Å²) in [5.74, 6) is -0.751. The molecule has 28 heavy (non-hydrogen) atoms. The highest BCUT2D eigenvalue weighted by Gasteiger charge is 2.15. The Bertz CT molecular complexity index is 1150. The van der Waals surface area contributed by atoms with Gasteiger partial charge >= 0.3 is 5.97 Å². The summed E-state index contributed by atoms with van der Waals surface area (Å²) in [4.78, 5) is 24.7.